The van der Waals surface area contributed by atoms with E-state index in [1.165, 1.54) is 19.3 Å². The molecule has 0 spiro atoms. The summed E-state index contributed by atoms with van der Waals surface area (Å²) in [6.07, 6.45) is 3.93. The van der Waals surface area contributed by atoms with Gasteiger partial charge in [-0.3, -0.25) is 4.79 Å². The van der Waals surface area contributed by atoms with Gasteiger partial charge in [-0.25, -0.2) is 0 Å². The van der Waals surface area contributed by atoms with Crippen LogP contribution < -0.4 is 5.32 Å². The van der Waals surface area contributed by atoms with E-state index in [9.17, 15) is 4.79 Å². The highest BCUT2D eigenvalue weighted by Crippen LogP contribution is 2.41. The lowest BCUT2D eigenvalue weighted by Crippen LogP contribution is -2.39. The molecule has 70 valence electrons. The third kappa shape index (κ3) is 2.37. The predicted molar refractivity (Wildman–Crippen MR) is 50.4 cm³/mol. The Kier molecular flexibility index (Phi) is 2.99. The summed E-state index contributed by atoms with van der Waals surface area (Å²) >= 11 is 5.20. The Bertz CT molecular complexity index is 175. The summed E-state index contributed by atoms with van der Waals surface area (Å²) in [5, 5.41) is 2.22. The first-order chi connectivity index (χ1) is 5.52. The maximum Gasteiger partial charge on any atom is 0.313 e. The minimum Gasteiger partial charge on any atom is -0.342 e. The molecule has 12 heavy (non-hydrogen) atoms. The second-order valence-electron chi connectivity index (χ2n) is 4.24. The maximum absolute atomic E-state index is 10.5. The molecule has 3 heteroatoms. The van der Waals surface area contributed by atoms with Gasteiger partial charge in [0, 0.05) is 6.54 Å². The molecule has 1 amide bonds. The number of carbonyl (C=O) groups is 1. The van der Waals surface area contributed by atoms with Crippen molar-refractivity contribution < 1.29 is 4.79 Å². The number of hydrogen-bond acceptors (Lipinski definition) is 1. The molecule has 0 aromatic heterocycles. The third-order valence-corrected chi connectivity index (χ3v) is 3.03. The van der Waals surface area contributed by atoms with Gasteiger partial charge in [-0.15, -0.1) is 0 Å². The number of carbonyl (C=O) groups excluding carboxylic acids is 1. The van der Waals surface area contributed by atoms with Crippen LogP contribution >= 0.6 is 11.6 Å². The minimum absolute atomic E-state index is 0.211. The van der Waals surface area contributed by atoms with Crippen molar-refractivity contribution in [3.05, 3.63) is 0 Å². The smallest absolute Gasteiger partial charge is 0.313 e. The van der Waals surface area contributed by atoms with Crippen molar-refractivity contribution in [3.63, 3.8) is 0 Å². The van der Waals surface area contributed by atoms with Crippen LogP contribution in [-0.4, -0.2) is 11.9 Å². The zero-order valence-electron chi connectivity index (χ0n) is 7.69. The molecule has 1 saturated carbocycles. The molecular weight excluding hydrogens is 174 g/mol. The Balaban J connectivity index is 2.31. The molecular formula is C9H16ClNO. The first-order valence-electron chi connectivity index (χ1n) is 4.46. The minimum atomic E-state index is -0.442. The molecule has 0 atom stereocenters. The van der Waals surface area contributed by atoms with E-state index in [1.807, 2.05) is 0 Å². The van der Waals surface area contributed by atoms with E-state index in [-0.39, 0.29) is 5.41 Å². The molecule has 0 heterocycles. The first kappa shape index (κ1) is 9.85. The molecule has 0 saturated heterocycles. The molecule has 1 N–H and O–H groups in total. The largest absolute Gasteiger partial charge is 0.342 e. The van der Waals surface area contributed by atoms with E-state index >= 15 is 0 Å². The summed E-state index contributed by atoms with van der Waals surface area (Å²) in [4.78, 5) is 10.5. The van der Waals surface area contributed by atoms with Gasteiger partial charge in [0.2, 0.25) is 0 Å². The molecule has 0 unspecified atom stereocenters. The van der Waals surface area contributed by atoms with Crippen molar-refractivity contribution in [2.24, 2.45) is 11.3 Å². The lowest BCUT2D eigenvalue weighted by Gasteiger charge is -2.40. The Morgan fingerprint density at radius 3 is 2.50 bits per heavy atom. The highest BCUT2D eigenvalue weighted by atomic mass is 35.5. The fourth-order valence-corrected chi connectivity index (χ4v) is 1.70. The molecule has 0 bridgehead atoms. The van der Waals surface area contributed by atoms with E-state index in [4.69, 9.17) is 11.6 Å². The van der Waals surface area contributed by atoms with Gasteiger partial charge < -0.3 is 5.32 Å². The van der Waals surface area contributed by atoms with Gasteiger partial charge in [0.25, 0.3) is 0 Å². The van der Waals surface area contributed by atoms with Gasteiger partial charge in [-0.1, -0.05) is 20.3 Å². The van der Waals surface area contributed by atoms with Crippen LogP contribution in [0, 0.1) is 11.3 Å². The van der Waals surface area contributed by atoms with Gasteiger partial charge >= 0.3 is 5.37 Å². The first-order valence-corrected chi connectivity index (χ1v) is 4.83. The highest BCUT2D eigenvalue weighted by molar-refractivity contribution is 6.62. The van der Waals surface area contributed by atoms with Crippen molar-refractivity contribution >= 4 is 17.0 Å². The predicted octanol–water partition coefficient (Wildman–Crippen LogP) is 2.76. The number of amides is 1. The number of hydrogen-bond donors (Lipinski definition) is 1. The van der Waals surface area contributed by atoms with E-state index < -0.39 is 5.37 Å². The second-order valence-corrected chi connectivity index (χ2v) is 4.59. The Labute approximate surface area is 78.7 Å². The van der Waals surface area contributed by atoms with Crippen LogP contribution in [0.1, 0.15) is 33.1 Å². The van der Waals surface area contributed by atoms with Gasteiger partial charge in [0.1, 0.15) is 0 Å². The van der Waals surface area contributed by atoms with Crippen molar-refractivity contribution in [1.29, 1.82) is 0 Å². The normalized spacial score (nSPS) is 18.6. The SMILES string of the molecule is CC(C)(CNC(=O)Cl)C1CCC1. The van der Waals surface area contributed by atoms with E-state index in [0.717, 1.165) is 5.92 Å². The topological polar surface area (TPSA) is 29.1 Å². The molecule has 1 aliphatic carbocycles. The zero-order valence-corrected chi connectivity index (χ0v) is 8.45. The fraction of sp³-hybridized carbons (Fsp3) is 0.889. The summed E-state index contributed by atoms with van der Waals surface area (Å²) in [5.74, 6) is 0.765. The van der Waals surface area contributed by atoms with Crippen LogP contribution in [0.3, 0.4) is 0 Å². The molecule has 1 rings (SSSR count). The van der Waals surface area contributed by atoms with Gasteiger partial charge in [-0.05, 0) is 35.8 Å². The Morgan fingerprint density at radius 1 is 1.58 bits per heavy atom. The van der Waals surface area contributed by atoms with Crippen LogP contribution in [-0.2, 0) is 0 Å². The standard InChI is InChI=1S/C9H16ClNO/c1-9(2,6-11-8(10)12)7-4-3-5-7/h7H,3-6H2,1-2H3,(H,11,12). The zero-order chi connectivity index (χ0) is 9.19. The fourth-order valence-electron chi connectivity index (χ4n) is 1.63. The van der Waals surface area contributed by atoms with Crippen molar-refractivity contribution in [2.75, 3.05) is 6.54 Å². The van der Waals surface area contributed by atoms with Crippen LogP contribution in [0.4, 0.5) is 4.79 Å². The van der Waals surface area contributed by atoms with Crippen molar-refractivity contribution in [1.82, 2.24) is 5.32 Å². The van der Waals surface area contributed by atoms with Crippen molar-refractivity contribution in [2.45, 2.75) is 33.1 Å². The summed E-state index contributed by atoms with van der Waals surface area (Å²) in [5.41, 5.74) is 0.211. The second kappa shape index (κ2) is 3.65. The van der Waals surface area contributed by atoms with E-state index in [0.29, 0.717) is 6.54 Å². The van der Waals surface area contributed by atoms with Gasteiger partial charge in [0.15, 0.2) is 0 Å². The Morgan fingerprint density at radius 2 is 2.17 bits per heavy atom. The van der Waals surface area contributed by atoms with Crippen LogP contribution in [0.2, 0.25) is 0 Å². The van der Waals surface area contributed by atoms with Crippen LogP contribution in [0.15, 0.2) is 0 Å². The van der Waals surface area contributed by atoms with Gasteiger partial charge in [-0.2, -0.15) is 0 Å². The molecule has 2 nitrogen and oxygen atoms in total. The van der Waals surface area contributed by atoms with Crippen molar-refractivity contribution in [3.8, 4) is 0 Å². The Hall–Kier alpha value is -0.240. The molecule has 1 fully saturated rings. The number of nitrogens with one attached hydrogen (secondary N) is 1. The average molecular weight is 190 g/mol. The summed E-state index contributed by atoms with van der Waals surface area (Å²) < 4.78 is 0. The van der Waals surface area contributed by atoms with E-state index in [2.05, 4.69) is 19.2 Å². The number of rotatable bonds is 3. The summed E-state index contributed by atoms with van der Waals surface area (Å²) in [6.45, 7) is 5.06. The summed E-state index contributed by atoms with van der Waals surface area (Å²) in [7, 11) is 0. The molecule has 0 aliphatic heterocycles. The maximum atomic E-state index is 10.5. The number of halogens is 1. The monoisotopic (exact) mass is 189 g/mol. The molecule has 0 aromatic carbocycles. The van der Waals surface area contributed by atoms with Gasteiger partial charge in [0.05, 0.1) is 0 Å². The quantitative estimate of drug-likeness (QED) is 0.537. The molecule has 0 aromatic rings. The summed E-state index contributed by atoms with van der Waals surface area (Å²) in [6, 6.07) is 0. The van der Waals surface area contributed by atoms with E-state index in [1.54, 1.807) is 0 Å². The molecule has 0 radical (unpaired) electrons. The third-order valence-electron chi connectivity index (χ3n) is 2.89. The molecule has 1 aliphatic rings. The van der Waals surface area contributed by atoms with Crippen LogP contribution in [0.5, 0.6) is 0 Å². The van der Waals surface area contributed by atoms with Crippen LogP contribution in [0.25, 0.3) is 0 Å². The lowest BCUT2D eigenvalue weighted by molar-refractivity contribution is 0.122. The lowest BCUT2D eigenvalue weighted by atomic mass is 9.67. The highest BCUT2D eigenvalue weighted by Gasteiger charge is 2.33. The average Bonchev–Trinajstić information content (AvgIpc) is 1.78.